The van der Waals surface area contributed by atoms with Crippen LogP contribution in [0.25, 0.3) is 0 Å². The minimum absolute atomic E-state index is 0.00508. The van der Waals surface area contributed by atoms with E-state index in [2.05, 4.69) is 12.2 Å². The van der Waals surface area contributed by atoms with Gasteiger partial charge in [-0.25, -0.2) is 0 Å². The molecular weight excluding hydrogens is 418 g/mol. The van der Waals surface area contributed by atoms with Crippen molar-refractivity contribution in [3.8, 4) is 11.5 Å². The maximum atomic E-state index is 12.3. The SMILES string of the molecule is COc1ccc(CNC(=O)CC(O)CC(O)CCC2C(C)CCC3CCCCC32)cc1OC. The fourth-order valence-corrected chi connectivity index (χ4v) is 6.15. The maximum Gasteiger partial charge on any atom is 0.222 e. The molecule has 0 radical (unpaired) electrons. The number of hydrogen-bond acceptors (Lipinski definition) is 5. The standard InChI is InChI=1S/C27H43NO5/c1-18-8-10-20-6-4-5-7-24(20)23(18)12-11-21(29)15-22(30)16-27(31)28-17-19-9-13-25(32-2)26(14-19)33-3/h9,13-14,18,20-24,29-30H,4-8,10-12,15-17H2,1-3H3,(H,28,31). The van der Waals surface area contributed by atoms with E-state index in [0.29, 0.717) is 30.4 Å². The lowest BCUT2D eigenvalue weighted by Gasteiger charge is -2.45. The lowest BCUT2D eigenvalue weighted by atomic mass is 9.61. The quantitative estimate of drug-likeness (QED) is 0.453. The van der Waals surface area contributed by atoms with Crippen molar-refractivity contribution in [2.24, 2.45) is 23.7 Å². The molecule has 0 aliphatic heterocycles. The summed E-state index contributed by atoms with van der Waals surface area (Å²) < 4.78 is 10.5. The van der Waals surface area contributed by atoms with Crippen molar-refractivity contribution in [3.05, 3.63) is 23.8 Å². The van der Waals surface area contributed by atoms with Gasteiger partial charge in [-0.05, 0) is 73.5 Å². The van der Waals surface area contributed by atoms with Crippen LogP contribution in [0.5, 0.6) is 11.5 Å². The predicted octanol–water partition coefficient (Wildman–Crippen LogP) is 4.45. The number of fused-ring (bicyclic) bond motifs is 1. The van der Waals surface area contributed by atoms with Crippen LogP contribution in [0.4, 0.5) is 0 Å². The summed E-state index contributed by atoms with van der Waals surface area (Å²) in [5.41, 5.74) is 0.887. The van der Waals surface area contributed by atoms with Crippen LogP contribution in [-0.2, 0) is 11.3 Å². The van der Waals surface area contributed by atoms with Crippen LogP contribution >= 0.6 is 0 Å². The van der Waals surface area contributed by atoms with Crippen molar-refractivity contribution in [3.63, 3.8) is 0 Å². The molecule has 6 nitrogen and oxygen atoms in total. The number of rotatable bonds is 11. The fourth-order valence-electron chi connectivity index (χ4n) is 6.15. The van der Waals surface area contributed by atoms with Crippen LogP contribution in [0.1, 0.15) is 76.7 Å². The van der Waals surface area contributed by atoms with E-state index in [1.807, 2.05) is 12.1 Å². The van der Waals surface area contributed by atoms with Gasteiger partial charge in [-0.3, -0.25) is 4.79 Å². The highest BCUT2D eigenvalue weighted by molar-refractivity contribution is 5.76. The molecule has 2 fully saturated rings. The molecule has 0 aromatic heterocycles. The Morgan fingerprint density at radius 3 is 2.58 bits per heavy atom. The molecule has 6 unspecified atom stereocenters. The zero-order chi connectivity index (χ0) is 23.8. The van der Waals surface area contributed by atoms with E-state index in [-0.39, 0.29) is 18.7 Å². The van der Waals surface area contributed by atoms with Crippen LogP contribution in [0, 0.1) is 23.7 Å². The molecule has 0 bridgehead atoms. The molecule has 2 aliphatic rings. The molecule has 1 aromatic carbocycles. The second kappa shape index (κ2) is 12.6. The van der Waals surface area contributed by atoms with Gasteiger partial charge in [0.2, 0.25) is 5.91 Å². The highest BCUT2D eigenvalue weighted by Gasteiger charge is 2.38. The van der Waals surface area contributed by atoms with Crippen LogP contribution in [0.15, 0.2) is 18.2 Å². The Hall–Kier alpha value is -1.79. The van der Waals surface area contributed by atoms with E-state index in [4.69, 9.17) is 9.47 Å². The van der Waals surface area contributed by atoms with Gasteiger partial charge in [-0.2, -0.15) is 0 Å². The van der Waals surface area contributed by atoms with Gasteiger partial charge < -0.3 is 25.0 Å². The van der Waals surface area contributed by atoms with Gasteiger partial charge in [0.1, 0.15) is 0 Å². The van der Waals surface area contributed by atoms with Gasteiger partial charge in [0, 0.05) is 6.54 Å². The highest BCUT2D eigenvalue weighted by Crippen LogP contribution is 2.48. The first-order valence-electron chi connectivity index (χ1n) is 12.7. The summed E-state index contributed by atoms with van der Waals surface area (Å²) >= 11 is 0. The number of amides is 1. The minimum Gasteiger partial charge on any atom is -0.493 e. The Balaban J connectivity index is 1.39. The van der Waals surface area contributed by atoms with Gasteiger partial charge >= 0.3 is 0 Å². The van der Waals surface area contributed by atoms with Gasteiger partial charge in [0.25, 0.3) is 0 Å². The maximum absolute atomic E-state index is 12.3. The van der Waals surface area contributed by atoms with Crippen LogP contribution < -0.4 is 14.8 Å². The third kappa shape index (κ3) is 7.35. The van der Waals surface area contributed by atoms with Crippen molar-refractivity contribution in [2.75, 3.05) is 14.2 Å². The summed E-state index contributed by atoms with van der Waals surface area (Å²) in [6.07, 6.45) is 8.73. The van der Waals surface area contributed by atoms with E-state index in [0.717, 1.165) is 29.7 Å². The number of nitrogens with one attached hydrogen (secondary N) is 1. The van der Waals surface area contributed by atoms with Crippen LogP contribution in [0.3, 0.4) is 0 Å². The number of hydrogen-bond donors (Lipinski definition) is 3. The summed E-state index contributed by atoms with van der Waals surface area (Å²) in [4.78, 5) is 12.3. The van der Waals surface area contributed by atoms with Gasteiger partial charge in [-0.1, -0.05) is 38.7 Å². The second-order valence-corrected chi connectivity index (χ2v) is 10.2. The Labute approximate surface area is 199 Å². The van der Waals surface area contributed by atoms with Crippen molar-refractivity contribution in [1.82, 2.24) is 5.32 Å². The Bertz CT molecular complexity index is 754. The number of carbonyl (C=O) groups excluding carboxylic acids is 1. The van der Waals surface area contributed by atoms with Gasteiger partial charge in [0.15, 0.2) is 11.5 Å². The summed E-state index contributed by atoms with van der Waals surface area (Å²) in [6.45, 7) is 2.72. The van der Waals surface area contributed by atoms with Crippen molar-refractivity contribution < 1.29 is 24.5 Å². The average Bonchev–Trinajstić information content (AvgIpc) is 2.81. The molecule has 6 heteroatoms. The molecule has 33 heavy (non-hydrogen) atoms. The number of carbonyl (C=O) groups is 1. The lowest BCUT2D eigenvalue weighted by Crippen LogP contribution is -2.36. The zero-order valence-electron chi connectivity index (χ0n) is 20.6. The van der Waals surface area contributed by atoms with Gasteiger partial charge in [-0.15, -0.1) is 0 Å². The molecule has 1 aromatic rings. The molecule has 3 N–H and O–H groups in total. The molecule has 0 spiro atoms. The number of ether oxygens (including phenoxy) is 2. The fraction of sp³-hybridized carbons (Fsp3) is 0.741. The summed E-state index contributed by atoms with van der Waals surface area (Å²) in [5.74, 6) is 4.15. The van der Waals surface area contributed by atoms with Crippen molar-refractivity contribution in [1.29, 1.82) is 0 Å². The molecule has 186 valence electrons. The van der Waals surface area contributed by atoms with E-state index in [1.54, 1.807) is 20.3 Å². The first-order valence-corrected chi connectivity index (χ1v) is 12.7. The molecule has 6 atom stereocenters. The first kappa shape index (κ1) is 25.8. The van der Waals surface area contributed by atoms with E-state index in [1.165, 1.54) is 38.5 Å². The third-order valence-corrected chi connectivity index (χ3v) is 7.98. The van der Waals surface area contributed by atoms with Crippen molar-refractivity contribution >= 4 is 5.91 Å². The van der Waals surface area contributed by atoms with Crippen LogP contribution in [-0.4, -0.2) is 42.5 Å². The molecule has 3 rings (SSSR count). The minimum atomic E-state index is -0.836. The Kier molecular flexibility index (Phi) is 9.87. The topological polar surface area (TPSA) is 88.0 Å². The number of benzene rings is 1. The van der Waals surface area contributed by atoms with E-state index in [9.17, 15) is 15.0 Å². The summed E-state index contributed by atoms with van der Waals surface area (Å²) in [7, 11) is 3.15. The molecule has 2 saturated carbocycles. The van der Waals surface area contributed by atoms with Gasteiger partial charge in [0.05, 0.1) is 32.8 Å². The first-order chi connectivity index (χ1) is 15.9. The second-order valence-electron chi connectivity index (χ2n) is 10.2. The average molecular weight is 462 g/mol. The van der Waals surface area contributed by atoms with Crippen LogP contribution in [0.2, 0.25) is 0 Å². The molecule has 1 amide bonds. The molecule has 0 heterocycles. The smallest absolute Gasteiger partial charge is 0.222 e. The zero-order valence-corrected chi connectivity index (χ0v) is 20.6. The Morgan fingerprint density at radius 1 is 1.06 bits per heavy atom. The highest BCUT2D eigenvalue weighted by atomic mass is 16.5. The Morgan fingerprint density at radius 2 is 1.82 bits per heavy atom. The number of aliphatic hydroxyl groups is 2. The number of methoxy groups -OCH3 is 2. The molecular formula is C27H43NO5. The normalized spacial score (nSPS) is 26.7. The molecule has 2 aliphatic carbocycles. The number of aliphatic hydroxyl groups excluding tert-OH is 2. The predicted molar refractivity (Wildman–Crippen MR) is 129 cm³/mol. The van der Waals surface area contributed by atoms with E-state index >= 15 is 0 Å². The third-order valence-electron chi connectivity index (χ3n) is 7.98. The van der Waals surface area contributed by atoms with E-state index < -0.39 is 12.2 Å². The lowest BCUT2D eigenvalue weighted by molar-refractivity contribution is -0.123. The van der Waals surface area contributed by atoms with Crippen molar-refractivity contribution in [2.45, 2.75) is 89.9 Å². The summed E-state index contributed by atoms with van der Waals surface area (Å²) in [6, 6.07) is 5.49. The monoisotopic (exact) mass is 461 g/mol. The molecule has 0 saturated heterocycles. The largest absolute Gasteiger partial charge is 0.493 e. The summed E-state index contributed by atoms with van der Waals surface area (Å²) in [5, 5.41) is 23.7.